The molecule has 0 amide bonds. The van der Waals surface area contributed by atoms with Gasteiger partial charge in [-0.2, -0.15) is 0 Å². The SMILES string of the molecule is COCC1COC(COCC2COC(COC)C(OS(=O)(=O)[O-])C2OS(=O)(=O)[O-])C(OS(=O)(=O)[O-])C1OS(=O)(=O)[O-].[Na+].[Na+].[Na+].[Na+]. The first-order valence-electron chi connectivity index (χ1n) is 11.1. The van der Waals surface area contributed by atoms with Crippen LogP contribution in [0.3, 0.4) is 0 Å². The minimum absolute atomic E-state index is 0. The molecule has 21 nitrogen and oxygen atoms in total. The van der Waals surface area contributed by atoms with E-state index in [2.05, 4.69) is 16.7 Å². The van der Waals surface area contributed by atoms with Gasteiger partial charge in [0.15, 0.2) is 0 Å². The Morgan fingerprint density at radius 3 is 1.16 bits per heavy atom. The van der Waals surface area contributed by atoms with Crippen LogP contribution in [0, 0.1) is 11.8 Å². The standard InChI is InChI=1S/C16H30O21S4.4Na/c1-29-3-9-5-33-12(16(37-41(26,27)28)13(9)34-38(17,18)19)8-31-4-10-6-32-11(7-30-2)15(36-40(23,24)25)14(10)35-39(20,21)22;;;;/h9-16H,3-8H2,1-2H3,(H,17,18,19)(H,20,21,22)(H,23,24,25)(H,26,27,28);;;;/q;4*+1/p-4. The van der Waals surface area contributed by atoms with Crippen molar-refractivity contribution in [3.05, 3.63) is 0 Å². The molecule has 0 radical (unpaired) electrons. The third kappa shape index (κ3) is 20.2. The summed E-state index contributed by atoms with van der Waals surface area (Å²) in [5, 5.41) is 0. The Morgan fingerprint density at radius 2 is 0.822 bits per heavy atom. The van der Waals surface area contributed by atoms with E-state index in [1.165, 1.54) is 7.11 Å². The van der Waals surface area contributed by atoms with Crippen LogP contribution in [-0.4, -0.2) is 142 Å². The minimum Gasteiger partial charge on any atom is -0.726 e. The van der Waals surface area contributed by atoms with Gasteiger partial charge in [0.25, 0.3) is 0 Å². The van der Waals surface area contributed by atoms with E-state index >= 15 is 0 Å². The van der Waals surface area contributed by atoms with Crippen molar-refractivity contribution in [1.82, 2.24) is 0 Å². The van der Waals surface area contributed by atoms with Crippen LogP contribution in [0.1, 0.15) is 0 Å². The van der Waals surface area contributed by atoms with Gasteiger partial charge in [-0.25, -0.2) is 33.7 Å². The first kappa shape index (κ1) is 52.6. The predicted octanol–water partition coefficient (Wildman–Crippen LogP) is -16.3. The molecule has 29 heteroatoms. The Kier molecular flexibility index (Phi) is 27.0. The molecule has 0 aromatic carbocycles. The molecule has 0 aromatic heterocycles. The van der Waals surface area contributed by atoms with E-state index in [-0.39, 0.29) is 125 Å². The van der Waals surface area contributed by atoms with Crippen molar-refractivity contribution < 1.29 is 211 Å². The van der Waals surface area contributed by atoms with E-state index in [0.29, 0.717) is 0 Å². The summed E-state index contributed by atoms with van der Waals surface area (Å²) in [6.07, 6.45) is -11.0. The van der Waals surface area contributed by atoms with E-state index in [9.17, 15) is 51.9 Å². The van der Waals surface area contributed by atoms with Crippen molar-refractivity contribution in [3.63, 3.8) is 0 Å². The minimum atomic E-state index is -5.55. The molecular formula is C16H26Na4O21S4. The van der Waals surface area contributed by atoms with E-state index in [4.69, 9.17) is 23.7 Å². The first-order chi connectivity index (χ1) is 18.7. The maximum Gasteiger partial charge on any atom is 1.00 e. The Balaban J connectivity index is -0.00000441. The average Bonchev–Trinajstić information content (AvgIpc) is 2.77. The van der Waals surface area contributed by atoms with Gasteiger partial charge in [-0.3, -0.25) is 16.7 Å². The third-order valence-corrected chi connectivity index (χ3v) is 7.43. The van der Waals surface area contributed by atoms with Gasteiger partial charge < -0.3 is 41.9 Å². The molecule has 244 valence electrons. The van der Waals surface area contributed by atoms with Crippen LogP contribution in [0.2, 0.25) is 0 Å². The Bertz CT molecular complexity index is 1190. The van der Waals surface area contributed by atoms with Crippen LogP contribution in [0.25, 0.3) is 0 Å². The van der Waals surface area contributed by atoms with Gasteiger partial charge in [0.1, 0.15) is 36.6 Å². The summed E-state index contributed by atoms with van der Waals surface area (Å²) in [5.74, 6) is -2.47. The number of ether oxygens (including phenoxy) is 5. The molecular weight excluding hydrogens is 748 g/mol. The van der Waals surface area contributed by atoms with Crippen LogP contribution in [0.5, 0.6) is 0 Å². The van der Waals surface area contributed by atoms with Crippen LogP contribution in [-0.2, 0) is 82.0 Å². The molecule has 2 saturated heterocycles. The van der Waals surface area contributed by atoms with Gasteiger partial charge in [0, 0.05) is 26.1 Å². The molecule has 2 rings (SSSR count). The van der Waals surface area contributed by atoms with E-state index in [1.54, 1.807) is 0 Å². The summed E-state index contributed by atoms with van der Waals surface area (Å²) in [7, 11) is -19.7. The number of methoxy groups -OCH3 is 2. The quantitative estimate of drug-likeness (QED) is 0.0798. The molecule has 2 aliphatic rings. The van der Waals surface area contributed by atoms with Gasteiger partial charge >= 0.3 is 118 Å². The maximum absolute atomic E-state index is 11.4. The second kappa shape index (κ2) is 23.1. The second-order valence-corrected chi connectivity index (χ2v) is 12.6. The molecule has 0 saturated carbocycles. The molecule has 2 aliphatic heterocycles. The van der Waals surface area contributed by atoms with Gasteiger partial charge in [-0.1, -0.05) is 0 Å². The smallest absolute Gasteiger partial charge is 0.726 e. The number of hydrogen-bond donors (Lipinski definition) is 0. The molecule has 0 N–H and O–H groups in total. The topological polar surface area (TPSA) is 312 Å². The summed E-state index contributed by atoms with van der Waals surface area (Å²) < 4.78 is 179. The summed E-state index contributed by atoms with van der Waals surface area (Å²) in [4.78, 5) is 0. The Labute approximate surface area is 349 Å². The van der Waals surface area contributed by atoms with Crippen molar-refractivity contribution in [3.8, 4) is 0 Å². The number of hydrogen-bond acceptors (Lipinski definition) is 21. The van der Waals surface area contributed by atoms with E-state index < -0.39 is 123 Å². The predicted molar refractivity (Wildman–Crippen MR) is 119 cm³/mol. The van der Waals surface area contributed by atoms with Crippen molar-refractivity contribution >= 4 is 41.6 Å². The monoisotopic (exact) mass is 774 g/mol. The van der Waals surface area contributed by atoms with Crippen LogP contribution < -0.4 is 118 Å². The molecule has 2 heterocycles. The maximum atomic E-state index is 11.4. The zero-order chi connectivity index (χ0) is 31.2. The molecule has 0 spiro atoms. The summed E-state index contributed by atoms with van der Waals surface area (Å²) in [6, 6.07) is 0. The Morgan fingerprint density at radius 1 is 0.511 bits per heavy atom. The molecule has 8 atom stereocenters. The average molecular weight is 775 g/mol. The summed E-state index contributed by atoms with van der Waals surface area (Å²) >= 11 is 0. The van der Waals surface area contributed by atoms with Gasteiger partial charge in [0.2, 0.25) is 41.6 Å². The number of rotatable bonds is 16. The van der Waals surface area contributed by atoms with Crippen LogP contribution in [0.15, 0.2) is 0 Å². The molecule has 45 heavy (non-hydrogen) atoms. The fourth-order valence-electron chi connectivity index (χ4n) is 4.16. The van der Waals surface area contributed by atoms with Crippen molar-refractivity contribution in [2.45, 2.75) is 36.6 Å². The van der Waals surface area contributed by atoms with E-state index in [0.717, 1.165) is 7.11 Å². The van der Waals surface area contributed by atoms with E-state index in [1.807, 2.05) is 0 Å². The zero-order valence-corrected chi connectivity index (χ0v) is 36.3. The normalized spacial score (nSPS) is 29.3. The summed E-state index contributed by atoms with van der Waals surface area (Å²) in [6.45, 7) is -3.09. The fourth-order valence-corrected chi connectivity index (χ4v) is 6.25. The zero-order valence-electron chi connectivity index (χ0n) is 25.1. The molecule has 0 bridgehead atoms. The van der Waals surface area contributed by atoms with Crippen LogP contribution >= 0.6 is 0 Å². The molecule has 2 fully saturated rings. The van der Waals surface area contributed by atoms with Gasteiger partial charge in [-0.05, 0) is 0 Å². The fraction of sp³-hybridized carbons (Fsp3) is 1.00. The molecule has 0 aliphatic carbocycles. The summed E-state index contributed by atoms with van der Waals surface area (Å²) in [5.41, 5.74) is 0. The third-order valence-electron chi connectivity index (χ3n) is 5.60. The largest absolute Gasteiger partial charge is 1.00 e. The van der Waals surface area contributed by atoms with Gasteiger partial charge in [-0.15, -0.1) is 0 Å². The van der Waals surface area contributed by atoms with Crippen molar-refractivity contribution in [2.24, 2.45) is 11.8 Å². The first-order valence-corrected chi connectivity index (χ1v) is 16.4. The van der Waals surface area contributed by atoms with Gasteiger partial charge in [0.05, 0.1) is 39.6 Å². The van der Waals surface area contributed by atoms with Crippen molar-refractivity contribution in [2.75, 3.05) is 53.9 Å². The molecule has 8 unspecified atom stereocenters. The van der Waals surface area contributed by atoms with Crippen LogP contribution in [0.4, 0.5) is 0 Å². The van der Waals surface area contributed by atoms with Crippen molar-refractivity contribution in [1.29, 1.82) is 0 Å². The Hall–Kier alpha value is 3.28. The molecule has 0 aromatic rings. The second-order valence-electron chi connectivity index (χ2n) is 8.59.